The van der Waals surface area contributed by atoms with Crippen molar-refractivity contribution in [2.45, 2.75) is 0 Å². The Kier molecular flexibility index (Phi) is 3.48. The maximum absolute atomic E-state index is 11.7. The second-order valence-corrected chi connectivity index (χ2v) is 4.68. The lowest BCUT2D eigenvalue weighted by atomic mass is 10.1. The van der Waals surface area contributed by atoms with E-state index in [2.05, 4.69) is 0 Å². The molecule has 0 radical (unpaired) electrons. The quantitative estimate of drug-likeness (QED) is 0.636. The van der Waals surface area contributed by atoms with E-state index in [1.807, 2.05) is 60.7 Å². The van der Waals surface area contributed by atoms with Gasteiger partial charge in [-0.15, -0.1) is 0 Å². The van der Waals surface area contributed by atoms with E-state index in [0.717, 1.165) is 11.1 Å². The zero-order chi connectivity index (χ0) is 14.7. The monoisotopic (exact) mass is 275 g/mol. The van der Waals surface area contributed by atoms with Crippen LogP contribution in [-0.2, 0) is 9.59 Å². The van der Waals surface area contributed by atoms with Crippen molar-refractivity contribution in [1.29, 1.82) is 0 Å². The molecule has 3 heteroatoms. The van der Waals surface area contributed by atoms with E-state index in [4.69, 9.17) is 0 Å². The second kappa shape index (κ2) is 5.59. The van der Waals surface area contributed by atoms with E-state index in [1.165, 1.54) is 17.1 Å². The molecule has 0 bridgehead atoms. The highest BCUT2D eigenvalue weighted by atomic mass is 16.2. The summed E-state index contributed by atoms with van der Waals surface area (Å²) in [5.41, 5.74) is 2.62. The summed E-state index contributed by atoms with van der Waals surface area (Å²) in [7, 11) is 0. The highest BCUT2D eigenvalue weighted by Gasteiger charge is 2.24. The van der Waals surface area contributed by atoms with Gasteiger partial charge < -0.3 is 0 Å². The summed E-state index contributed by atoms with van der Waals surface area (Å²) >= 11 is 0. The minimum atomic E-state index is -0.302. The zero-order valence-electron chi connectivity index (χ0n) is 11.3. The van der Waals surface area contributed by atoms with Gasteiger partial charge in [0.05, 0.1) is 5.69 Å². The Balaban J connectivity index is 1.86. The van der Waals surface area contributed by atoms with Gasteiger partial charge in [0.2, 0.25) is 0 Å². The Bertz CT molecular complexity index is 727. The SMILES string of the molecule is O=C1C=CC(=O)N1c1cccc(/C=C/c2ccccc2)c1. The van der Waals surface area contributed by atoms with Gasteiger partial charge in [-0.25, -0.2) is 4.90 Å². The van der Waals surface area contributed by atoms with Crippen molar-refractivity contribution in [2.24, 2.45) is 0 Å². The minimum Gasteiger partial charge on any atom is -0.269 e. The number of hydrogen-bond acceptors (Lipinski definition) is 2. The average molecular weight is 275 g/mol. The van der Waals surface area contributed by atoms with E-state index < -0.39 is 0 Å². The maximum atomic E-state index is 11.7. The van der Waals surface area contributed by atoms with E-state index in [0.29, 0.717) is 5.69 Å². The van der Waals surface area contributed by atoms with E-state index >= 15 is 0 Å². The molecule has 0 spiro atoms. The van der Waals surface area contributed by atoms with Crippen LogP contribution in [0.1, 0.15) is 11.1 Å². The fourth-order valence-electron chi connectivity index (χ4n) is 2.18. The average Bonchev–Trinajstić information content (AvgIpc) is 2.85. The van der Waals surface area contributed by atoms with Gasteiger partial charge in [-0.1, -0.05) is 54.6 Å². The highest BCUT2D eigenvalue weighted by Crippen LogP contribution is 2.21. The van der Waals surface area contributed by atoms with Gasteiger partial charge in [0, 0.05) is 12.2 Å². The Labute approximate surface area is 122 Å². The van der Waals surface area contributed by atoms with Gasteiger partial charge in [0.15, 0.2) is 0 Å². The van der Waals surface area contributed by atoms with Crippen LogP contribution in [0.15, 0.2) is 66.7 Å². The molecule has 3 nitrogen and oxygen atoms in total. The molecule has 0 unspecified atom stereocenters. The third-order valence-electron chi connectivity index (χ3n) is 3.21. The van der Waals surface area contributed by atoms with Crippen molar-refractivity contribution in [3.05, 3.63) is 77.9 Å². The number of carbonyl (C=O) groups is 2. The smallest absolute Gasteiger partial charge is 0.258 e. The first-order valence-electron chi connectivity index (χ1n) is 6.63. The lowest BCUT2D eigenvalue weighted by Crippen LogP contribution is -2.29. The Morgan fingerprint density at radius 1 is 0.714 bits per heavy atom. The highest BCUT2D eigenvalue weighted by molar-refractivity contribution is 6.28. The standard InChI is InChI=1S/C18H13NO2/c20-17-11-12-18(21)19(17)16-8-4-7-15(13-16)10-9-14-5-2-1-3-6-14/h1-13H/b10-9+. The van der Waals surface area contributed by atoms with E-state index in [9.17, 15) is 9.59 Å². The summed E-state index contributed by atoms with van der Waals surface area (Å²) in [6, 6.07) is 17.3. The molecule has 102 valence electrons. The van der Waals surface area contributed by atoms with Crippen molar-refractivity contribution < 1.29 is 9.59 Å². The third-order valence-corrected chi connectivity index (χ3v) is 3.21. The molecule has 0 aromatic heterocycles. The Hall–Kier alpha value is -2.94. The molecular formula is C18H13NO2. The van der Waals surface area contributed by atoms with Crippen molar-refractivity contribution >= 4 is 29.7 Å². The number of benzene rings is 2. The predicted octanol–water partition coefficient (Wildman–Crippen LogP) is 3.29. The molecule has 21 heavy (non-hydrogen) atoms. The van der Waals surface area contributed by atoms with Crippen molar-refractivity contribution in [3.8, 4) is 0 Å². The largest absolute Gasteiger partial charge is 0.269 e. The summed E-state index contributed by atoms with van der Waals surface area (Å²) in [6.07, 6.45) is 6.52. The molecule has 2 aromatic rings. The fourth-order valence-corrected chi connectivity index (χ4v) is 2.18. The Morgan fingerprint density at radius 2 is 1.33 bits per heavy atom. The number of rotatable bonds is 3. The minimum absolute atomic E-state index is 0.302. The molecule has 1 aliphatic heterocycles. The van der Waals surface area contributed by atoms with Gasteiger partial charge in [-0.05, 0) is 23.3 Å². The first-order chi connectivity index (χ1) is 10.2. The maximum Gasteiger partial charge on any atom is 0.258 e. The lowest BCUT2D eigenvalue weighted by Gasteiger charge is -2.14. The molecule has 0 fully saturated rings. The van der Waals surface area contributed by atoms with Crippen molar-refractivity contribution in [3.63, 3.8) is 0 Å². The predicted molar refractivity (Wildman–Crippen MR) is 83.4 cm³/mol. The van der Waals surface area contributed by atoms with Crippen molar-refractivity contribution in [1.82, 2.24) is 0 Å². The fraction of sp³-hybridized carbons (Fsp3) is 0. The van der Waals surface area contributed by atoms with Crippen molar-refractivity contribution in [2.75, 3.05) is 4.90 Å². The van der Waals surface area contributed by atoms with Gasteiger partial charge in [0.25, 0.3) is 11.8 Å². The zero-order valence-corrected chi connectivity index (χ0v) is 11.3. The van der Waals surface area contributed by atoms with E-state index in [-0.39, 0.29) is 11.8 Å². The number of amides is 2. The van der Waals surface area contributed by atoms with Crippen LogP contribution in [0, 0.1) is 0 Å². The molecule has 2 amide bonds. The number of imide groups is 1. The summed E-state index contributed by atoms with van der Waals surface area (Å²) in [5, 5.41) is 0. The van der Waals surface area contributed by atoms with Crippen LogP contribution in [-0.4, -0.2) is 11.8 Å². The number of carbonyl (C=O) groups excluding carboxylic acids is 2. The number of hydrogen-bond donors (Lipinski definition) is 0. The normalized spacial score (nSPS) is 14.4. The summed E-state index contributed by atoms with van der Waals surface area (Å²) < 4.78 is 0. The first kappa shape index (κ1) is 13.1. The molecule has 2 aromatic carbocycles. The second-order valence-electron chi connectivity index (χ2n) is 4.68. The molecule has 0 saturated heterocycles. The van der Waals surface area contributed by atoms with Gasteiger partial charge in [-0.3, -0.25) is 9.59 Å². The van der Waals surface area contributed by atoms with Crippen LogP contribution in [0.2, 0.25) is 0 Å². The van der Waals surface area contributed by atoms with Crippen LogP contribution >= 0.6 is 0 Å². The molecule has 1 heterocycles. The third kappa shape index (κ3) is 2.82. The molecular weight excluding hydrogens is 262 g/mol. The summed E-state index contributed by atoms with van der Waals surface area (Å²) in [5.74, 6) is -0.603. The first-order valence-corrected chi connectivity index (χ1v) is 6.63. The van der Waals surface area contributed by atoms with Crippen LogP contribution < -0.4 is 4.90 Å². The van der Waals surface area contributed by atoms with Gasteiger partial charge in [0.1, 0.15) is 0 Å². The molecule has 1 aliphatic rings. The van der Waals surface area contributed by atoms with Crippen LogP contribution in [0.3, 0.4) is 0 Å². The van der Waals surface area contributed by atoms with Gasteiger partial charge in [-0.2, -0.15) is 0 Å². The topological polar surface area (TPSA) is 37.4 Å². The lowest BCUT2D eigenvalue weighted by molar-refractivity contribution is -0.119. The molecule has 0 atom stereocenters. The summed E-state index contributed by atoms with van der Waals surface area (Å²) in [4.78, 5) is 24.5. The van der Waals surface area contributed by atoms with Gasteiger partial charge >= 0.3 is 0 Å². The Morgan fingerprint density at radius 3 is 2.05 bits per heavy atom. The van der Waals surface area contributed by atoms with E-state index in [1.54, 1.807) is 6.07 Å². The molecule has 3 rings (SSSR count). The number of anilines is 1. The van der Waals surface area contributed by atoms with Crippen LogP contribution in [0.4, 0.5) is 5.69 Å². The number of nitrogens with zero attached hydrogens (tertiary/aromatic N) is 1. The molecule has 0 N–H and O–H groups in total. The van der Waals surface area contributed by atoms with Crippen LogP contribution in [0.25, 0.3) is 12.2 Å². The van der Waals surface area contributed by atoms with Crippen LogP contribution in [0.5, 0.6) is 0 Å². The summed E-state index contributed by atoms with van der Waals surface area (Å²) in [6.45, 7) is 0. The molecule has 0 aliphatic carbocycles. The molecule has 0 saturated carbocycles.